The van der Waals surface area contributed by atoms with E-state index in [0.29, 0.717) is 10.9 Å². The van der Waals surface area contributed by atoms with Crippen LogP contribution in [0.25, 0.3) is 0 Å². The summed E-state index contributed by atoms with van der Waals surface area (Å²) in [6.07, 6.45) is 3.26. The Morgan fingerprint density at radius 3 is 2.61 bits per heavy atom. The summed E-state index contributed by atoms with van der Waals surface area (Å²) in [7, 11) is 0. The highest BCUT2D eigenvalue weighted by atomic mass is 35.5. The minimum Gasteiger partial charge on any atom is -0.478 e. The highest BCUT2D eigenvalue weighted by Gasteiger charge is 2.31. The van der Waals surface area contributed by atoms with Gasteiger partial charge in [-0.15, -0.1) is 0 Å². The summed E-state index contributed by atoms with van der Waals surface area (Å²) >= 11 is 11.7. The van der Waals surface area contributed by atoms with Crippen LogP contribution in [0, 0.1) is 0 Å². The number of pyridine rings is 1. The lowest BCUT2D eigenvalue weighted by molar-refractivity contribution is 0.0696. The molecule has 0 aliphatic heterocycles. The molecule has 2 atom stereocenters. The van der Waals surface area contributed by atoms with Crippen LogP contribution in [-0.4, -0.2) is 21.2 Å². The Bertz CT molecular complexity index is 1110. The van der Waals surface area contributed by atoms with Crippen molar-refractivity contribution in [2.45, 2.75) is 24.8 Å². The van der Waals surface area contributed by atoms with Gasteiger partial charge in [0.1, 0.15) is 0 Å². The lowest BCUT2D eigenvalue weighted by atomic mass is 9.76. The number of benzene rings is 2. The molecule has 1 heterocycles. The summed E-state index contributed by atoms with van der Waals surface area (Å²) in [6, 6.07) is 20.2. The topological polar surface area (TPSA) is 86.3 Å². The molecule has 0 fully saturated rings. The summed E-state index contributed by atoms with van der Waals surface area (Å²) in [5.41, 5.74) is 9.60. The quantitative estimate of drug-likeness (QED) is 0.330. The summed E-state index contributed by atoms with van der Waals surface area (Å²) in [5.74, 6) is -0.527. The molecule has 2 unspecified atom stereocenters. The third kappa shape index (κ3) is 4.78. The van der Waals surface area contributed by atoms with Crippen molar-refractivity contribution in [1.29, 1.82) is 0 Å². The first kappa shape index (κ1) is 21.1. The first-order valence-corrected chi connectivity index (χ1v) is 10.7. The van der Waals surface area contributed by atoms with E-state index in [0.717, 1.165) is 12.8 Å². The van der Waals surface area contributed by atoms with E-state index in [-0.39, 0.29) is 22.5 Å². The molecule has 1 aromatic heterocycles. The van der Waals surface area contributed by atoms with Crippen molar-refractivity contribution in [2.75, 3.05) is 5.43 Å². The molecule has 3 aromatic rings. The van der Waals surface area contributed by atoms with Gasteiger partial charge in [0.25, 0.3) is 0 Å². The molecule has 0 radical (unpaired) electrons. The van der Waals surface area contributed by atoms with Crippen molar-refractivity contribution in [1.82, 2.24) is 15.7 Å². The van der Waals surface area contributed by atoms with Crippen molar-refractivity contribution >= 4 is 40.7 Å². The van der Waals surface area contributed by atoms with Crippen molar-refractivity contribution in [3.8, 4) is 0 Å². The van der Waals surface area contributed by atoms with Gasteiger partial charge in [0.15, 0.2) is 10.9 Å². The predicted molar refractivity (Wildman–Crippen MR) is 125 cm³/mol. The molecular weight excluding hydrogens is 432 g/mol. The van der Waals surface area contributed by atoms with Crippen LogP contribution in [0.4, 0.5) is 5.82 Å². The molecule has 0 bridgehead atoms. The Morgan fingerprint density at radius 2 is 1.87 bits per heavy atom. The minimum absolute atomic E-state index is 0.00645. The third-order valence-corrected chi connectivity index (χ3v) is 5.92. The Balaban J connectivity index is 1.50. The Hall–Kier alpha value is -3.16. The zero-order valence-electron chi connectivity index (χ0n) is 16.5. The molecule has 4 N–H and O–H groups in total. The standard InChI is InChI=1S/C23H21ClN4O2S/c24-19-12-16(22(29)30)13-25-21(19)27-28-23(31)26-20-17-9-5-4-8-15(17)10-11-18(20)14-6-2-1-3-7-14/h1-9,12-13,18,20H,10-11H2,(H,25,27)(H,29,30)(H2,26,28,31). The smallest absolute Gasteiger partial charge is 0.337 e. The minimum atomic E-state index is -1.09. The monoisotopic (exact) mass is 452 g/mol. The maximum absolute atomic E-state index is 11.0. The number of thiocarbonyl (C=S) groups is 1. The van der Waals surface area contributed by atoms with Crippen molar-refractivity contribution in [3.63, 3.8) is 0 Å². The second-order valence-electron chi connectivity index (χ2n) is 7.32. The summed E-state index contributed by atoms with van der Waals surface area (Å²) in [5, 5.41) is 13.0. The van der Waals surface area contributed by atoms with Crippen molar-refractivity contribution in [2.24, 2.45) is 0 Å². The fraction of sp³-hybridized carbons (Fsp3) is 0.174. The molecule has 0 spiro atoms. The average Bonchev–Trinajstić information content (AvgIpc) is 2.79. The van der Waals surface area contributed by atoms with Gasteiger partial charge in [-0.3, -0.25) is 10.9 Å². The highest BCUT2D eigenvalue weighted by Crippen LogP contribution is 2.40. The number of fused-ring (bicyclic) bond motifs is 1. The average molecular weight is 453 g/mol. The van der Waals surface area contributed by atoms with Crippen LogP contribution in [0.2, 0.25) is 5.02 Å². The lowest BCUT2D eigenvalue weighted by Crippen LogP contribution is -2.43. The summed E-state index contributed by atoms with van der Waals surface area (Å²) in [4.78, 5) is 15.1. The van der Waals surface area contributed by atoms with Crippen LogP contribution in [0.3, 0.4) is 0 Å². The van der Waals surface area contributed by atoms with Gasteiger partial charge in [0.2, 0.25) is 0 Å². The lowest BCUT2D eigenvalue weighted by Gasteiger charge is -2.35. The number of carbonyl (C=O) groups is 1. The van der Waals surface area contributed by atoms with Gasteiger partial charge in [0, 0.05) is 12.1 Å². The molecule has 0 saturated heterocycles. The maximum Gasteiger partial charge on any atom is 0.337 e. The molecule has 2 aromatic carbocycles. The van der Waals surface area contributed by atoms with Crippen molar-refractivity contribution in [3.05, 3.63) is 94.1 Å². The van der Waals surface area contributed by atoms with E-state index in [2.05, 4.69) is 63.6 Å². The van der Waals surface area contributed by atoms with E-state index >= 15 is 0 Å². The molecule has 6 nitrogen and oxygen atoms in total. The molecule has 31 heavy (non-hydrogen) atoms. The number of carboxylic acids is 1. The number of aromatic nitrogens is 1. The molecule has 1 aliphatic carbocycles. The summed E-state index contributed by atoms with van der Waals surface area (Å²) in [6.45, 7) is 0. The Morgan fingerprint density at radius 1 is 1.13 bits per heavy atom. The third-order valence-electron chi connectivity index (χ3n) is 5.41. The number of hydrazine groups is 1. The molecule has 1 aliphatic rings. The van der Waals surface area contributed by atoms with Gasteiger partial charge in [-0.1, -0.05) is 66.2 Å². The van der Waals surface area contributed by atoms with Gasteiger partial charge in [0.05, 0.1) is 16.6 Å². The Labute approximate surface area is 190 Å². The molecule has 8 heteroatoms. The van der Waals surface area contributed by atoms with E-state index in [1.54, 1.807) is 0 Å². The largest absolute Gasteiger partial charge is 0.478 e. The van der Waals surface area contributed by atoms with E-state index in [4.69, 9.17) is 28.9 Å². The van der Waals surface area contributed by atoms with Crippen LogP contribution in [-0.2, 0) is 6.42 Å². The van der Waals surface area contributed by atoms with Crippen LogP contribution < -0.4 is 16.2 Å². The zero-order valence-corrected chi connectivity index (χ0v) is 18.1. The molecule has 4 rings (SSSR count). The van der Waals surface area contributed by atoms with Gasteiger partial charge in [-0.05, 0) is 47.8 Å². The second-order valence-corrected chi connectivity index (χ2v) is 8.13. The molecule has 0 saturated carbocycles. The number of aromatic carboxylic acids is 1. The number of hydrogen-bond donors (Lipinski definition) is 4. The number of hydrogen-bond acceptors (Lipinski definition) is 4. The molecule has 0 amide bonds. The molecular formula is C23H21ClN4O2S. The van der Waals surface area contributed by atoms with Crippen LogP contribution in [0.1, 0.15) is 45.4 Å². The number of anilines is 1. The zero-order chi connectivity index (χ0) is 21.8. The Kier molecular flexibility index (Phi) is 6.34. The summed E-state index contributed by atoms with van der Waals surface area (Å²) < 4.78 is 0. The highest BCUT2D eigenvalue weighted by molar-refractivity contribution is 7.80. The SMILES string of the molecule is O=C(O)c1cnc(NNC(=S)NC2c3ccccc3CCC2c2ccccc2)c(Cl)c1. The van der Waals surface area contributed by atoms with E-state index < -0.39 is 5.97 Å². The van der Waals surface area contributed by atoms with Crippen LogP contribution >= 0.6 is 23.8 Å². The number of carboxylic acid groups (broad SMARTS) is 1. The molecule has 158 valence electrons. The number of nitrogens with one attached hydrogen (secondary N) is 3. The van der Waals surface area contributed by atoms with Gasteiger partial charge < -0.3 is 10.4 Å². The number of aryl methyl sites for hydroxylation is 1. The fourth-order valence-corrected chi connectivity index (χ4v) is 4.33. The normalized spacial score (nSPS) is 17.3. The number of nitrogens with zero attached hydrogens (tertiary/aromatic N) is 1. The number of rotatable bonds is 5. The van der Waals surface area contributed by atoms with Gasteiger partial charge >= 0.3 is 5.97 Å². The van der Waals surface area contributed by atoms with Crippen LogP contribution in [0.5, 0.6) is 0 Å². The predicted octanol–water partition coefficient (Wildman–Crippen LogP) is 4.70. The second kappa shape index (κ2) is 9.32. The first-order chi connectivity index (χ1) is 15.0. The van der Waals surface area contributed by atoms with Gasteiger partial charge in [-0.25, -0.2) is 9.78 Å². The van der Waals surface area contributed by atoms with Gasteiger partial charge in [-0.2, -0.15) is 0 Å². The van der Waals surface area contributed by atoms with E-state index in [9.17, 15) is 4.79 Å². The number of halogens is 1. The van der Waals surface area contributed by atoms with E-state index in [1.165, 1.54) is 29.0 Å². The maximum atomic E-state index is 11.0. The first-order valence-electron chi connectivity index (χ1n) is 9.87. The van der Waals surface area contributed by atoms with Crippen molar-refractivity contribution < 1.29 is 9.90 Å². The van der Waals surface area contributed by atoms with Crippen LogP contribution in [0.15, 0.2) is 66.9 Å². The van der Waals surface area contributed by atoms with E-state index in [1.807, 2.05) is 12.1 Å². The fourth-order valence-electron chi connectivity index (χ4n) is 3.94.